The van der Waals surface area contributed by atoms with Crippen LogP contribution in [0.5, 0.6) is 11.5 Å². The van der Waals surface area contributed by atoms with Gasteiger partial charge in [0.1, 0.15) is 6.04 Å². The Hall–Kier alpha value is -4.06. The number of aromatic nitrogens is 1. The molecule has 2 N–H and O–H groups in total. The fraction of sp³-hybridized carbons (Fsp3) is 0.267. The third kappa shape index (κ3) is 6.13. The van der Waals surface area contributed by atoms with Gasteiger partial charge in [0.2, 0.25) is 5.91 Å². The lowest BCUT2D eigenvalue weighted by Crippen LogP contribution is -2.35. The molecule has 0 aliphatic carbocycles. The Morgan fingerprint density at radius 1 is 0.889 bits per heavy atom. The predicted molar refractivity (Wildman–Crippen MR) is 144 cm³/mol. The molecule has 0 fully saturated rings. The van der Waals surface area contributed by atoms with Gasteiger partial charge in [-0.25, -0.2) is 0 Å². The monoisotopic (exact) mass is 483 g/mol. The highest BCUT2D eigenvalue weighted by Gasteiger charge is 2.24. The van der Waals surface area contributed by atoms with Crippen molar-refractivity contribution < 1.29 is 14.3 Å². The summed E-state index contributed by atoms with van der Waals surface area (Å²) < 4.78 is 11.8. The molecule has 3 aromatic carbocycles. The number of anilines is 1. The van der Waals surface area contributed by atoms with Gasteiger partial charge < -0.3 is 20.1 Å². The molecule has 0 radical (unpaired) electrons. The quantitative estimate of drug-likeness (QED) is 0.271. The summed E-state index contributed by atoms with van der Waals surface area (Å²) in [5, 5.41) is 8.69. The number of hydrogen-bond donors (Lipinski definition) is 2. The van der Waals surface area contributed by atoms with Crippen LogP contribution in [0, 0.1) is 0 Å². The molecule has 4 rings (SSSR count). The summed E-state index contributed by atoms with van der Waals surface area (Å²) in [6.07, 6.45) is 3.60. The van der Waals surface area contributed by atoms with Crippen LogP contribution in [0.1, 0.15) is 50.9 Å². The molecule has 1 aromatic heterocycles. The molecule has 2 atom stereocenters. The van der Waals surface area contributed by atoms with Crippen molar-refractivity contribution in [1.29, 1.82) is 0 Å². The van der Waals surface area contributed by atoms with Crippen LogP contribution < -0.4 is 20.1 Å². The molecule has 2 unspecified atom stereocenters. The van der Waals surface area contributed by atoms with Gasteiger partial charge in [0.15, 0.2) is 11.5 Å². The van der Waals surface area contributed by atoms with Gasteiger partial charge in [-0.1, -0.05) is 42.5 Å². The van der Waals surface area contributed by atoms with Gasteiger partial charge in [-0.2, -0.15) is 0 Å². The normalized spacial score (nSPS) is 12.7. The van der Waals surface area contributed by atoms with Crippen LogP contribution in [0.3, 0.4) is 0 Å². The molecule has 0 aliphatic heterocycles. The van der Waals surface area contributed by atoms with Gasteiger partial charge in [0.25, 0.3) is 0 Å². The maximum absolute atomic E-state index is 13.7. The first-order valence-electron chi connectivity index (χ1n) is 12.3. The van der Waals surface area contributed by atoms with Crippen LogP contribution in [-0.2, 0) is 4.79 Å². The maximum atomic E-state index is 13.7. The van der Waals surface area contributed by atoms with E-state index in [0.29, 0.717) is 18.1 Å². The highest BCUT2D eigenvalue weighted by atomic mass is 16.5. The Morgan fingerprint density at radius 2 is 1.69 bits per heavy atom. The van der Waals surface area contributed by atoms with E-state index in [1.54, 1.807) is 6.20 Å². The Morgan fingerprint density at radius 3 is 2.44 bits per heavy atom. The second kappa shape index (κ2) is 11.6. The van der Waals surface area contributed by atoms with Crippen LogP contribution in [0.25, 0.3) is 10.8 Å². The summed E-state index contributed by atoms with van der Waals surface area (Å²) >= 11 is 0. The molecule has 1 heterocycles. The first-order valence-corrected chi connectivity index (χ1v) is 12.3. The van der Waals surface area contributed by atoms with E-state index in [1.165, 1.54) is 0 Å². The van der Waals surface area contributed by atoms with Crippen molar-refractivity contribution in [2.45, 2.75) is 45.9 Å². The molecule has 0 saturated carbocycles. The second-order valence-corrected chi connectivity index (χ2v) is 8.96. The number of fused-ring (bicyclic) bond motifs is 1. The zero-order valence-electron chi connectivity index (χ0n) is 21.2. The van der Waals surface area contributed by atoms with Gasteiger partial charge in [-0.05, 0) is 74.5 Å². The van der Waals surface area contributed by atoms with E-state index < -0.39 is 6.04 Å². The zero-order valence-corrected chi connectivity index (χ0v) is 21.2. The Balaban J connectivity index is 1.68. The van der Waals surface area contributed by atoms with Gasteiger partial charge in [-0.15, -0.1) is 0 Å². The molecular weight excluding hydrogens is 450 g/mol. The largest absolute Gasteiger partial charge is 0.490 e. The van der Waals surface area contributed by atoms with Crippen LogP contribution in [-0.4, -0.2) is 23.6 Å². The number of hydrogen-bond acceptors (Lipinski definition) is 5. The Bertz CT molecular complexity index is 1310. The van der Waals surface area contributed by atoms with Gasteiger partial charge >= 0.3 is 0 Å². The van der Waals surface area contributed by atoms with E-state index in [2.05, 4.69) is 15.6 Å². The number of carbonyl (C=O) groups is 1. The second-order valence-electron chi connectivity index (χ2n) is 8.96. The number of carbonyl (C=O) groups excluding carboxylic acids is 1. The number of pyridine rings is 1. The van der Waals surface area contributed by atoms with Gasteiger partial charge in [0.05, 0.1) is 18.8 Å². The molecule has 0 aliphatic rings. The lowest BCUT2D eigenvalue weighted by molar-refractivity contribution is -0.122. The fourth-order valence-corrected chi connectivity index (χ4v) is 4.09. The minimum absolute atomic E-state index is 0.00564. The van der Waals surface area contributed by atoms with Crippen molar-refractivity contribution in [2.75, 3.05) is 11.9 Å². The van der Waals surface area contributed by atoms with Crippen molar-refractivity contribution in [2.24, 2.45) is 0 Å². The van der Waals surface area contributed by atoms with Crippen LogP contribution in [0.4, 0.5) is 5.69 Å². The maximum Gasteiger partial charge on any atom is 0.247 e. The Kier molecular flexibility index (Phi) is 8.06. The number of nitrogens with one attached hydrogen (secondary N) is 2. The van der Waals surface area contributed by atoms with Crippen molar-refractivity contribution in [3.05, 3.63) is 96.3 Å². The molecular formula is C30H33N3O3. The molecule has 6 nitrogen and oxygen atoms in total. The number of amides is 1. The average Bonchev–Trinajstić information content (AvgIpc) is 2.88. The Labute approximate surface area is 212 Å². The zero-order chi connectivity index (χ0) is 25.5. The molecule has 0 saturated heterocycles. The fourth-order valence-electron chi connectivity index (χ4n) is 4.09. The van der Waals surface area contributed by atoms with Gasteiger partial charge in [0, 0.05) is 23.5 Å². The molecule has 4 aromatic rings. The van der Waals surface area contributed by atoms with E-state index in [0.717, 1.165) is 27.6 Å². The van der Waals surface area contributed by atoms with E-state index in [1.807, 2.05) is 107 Å². The van der Waals surface area contributed by atoms with Crippen molar-refractivity contribution in [1.82, 2.24) is 10.3 Å². The lowest BCUT2D eigenvalue weighted by atomic mass is 10.0. The summed E-state index contributed by atoms with van der Waals surface area (Å²) in [4.78, 5) is 17.9. The number of rotatable bonds is 10. The summed E-state index contributed by atoms with van der Waals surface area (Å²) in [7, 11) is 0. The van der Waals surface area contributed by atoms with E-state index in [9.17, 15) is 4.79 Å². The number of benzene rings is 3. The molecule has 36 heavy (non-hydrogen) atoms. The molecule has 6 heteroatoms. The van der Waals surface area contributed by atoms with E-state index >= 15 is 0 Å². The minimum atomic E-state index is -0.650. The average molecular weight is 484 g/mol. The standard InChI is InChI=1S/C30H33N3O3/c1-5-35-28-18-24(12-14-27(28)36-20(2)3)29(30(34)32-21(4)22-9-7-6-8-10-22)33-26-13-11-25-19-31-16-15-23(25)17-26/h6-21,29,33H,5H2,1-4H3,(H,32,34). The van der Waals surface area contributed by atoms with E-state index in [-0.39, 0.29) is 18.1 Å². The summed E-state index contributed by atoms with van der Waals surface area (Å²) in [6, 6.07) is 22.7. The van der Waals surface area contributed by atoms with Crippen molar-refractivity contribution >= 4 is 22.4 Å². The summed E-state index contributed by atoms with van der Waals surface area (Å²) in [5.41, 5.74) is 2.65. The third-order valence-electron chi connectivity index (χ3n) is 5.84. The first-order chi connectivity index (χ1) is 17.4. The van der Waals surface area contributed by atoms with E-state index in [4.69, 9.17) is 9.47 Å². The molecule has 0 bridgehead atoms. The topological polar surface area (TPSA) is 72.5 Å². The van der Waals surface area contributed by atoms with Crippen LogP contribution in [0.15, 0.2) is 85.2 Å². The van der Waals surface area contributed by atoms with Crippen molar-refractivity contribution in [3.63, 3.8) is 0 Å². The predicted octanol–water partition coefficient (Wildman–Crippen LogP) is 6.45. The summed E-state index contributed by atoms with van der Waals surface area (Å²) in [6.45, 7) is 8.35. The molecule has 186 valence electrons. The lowest BCUT2D eigenvalue weighted by Gasteiger charge is -2.24. The van der Waals surface area contributed by atoms with Crippen LogP contribution in [0.2, 0.25) is 0 Å². The molecule has 0 spiro atoms. The smallest absolute Gasteiger partial charge is 0.247 e. The molecule has 1 amide bonds. The first kappa shape index (κ1) is 25.0. The number of ether oxygens (including phenoxy) is 2. The highest BCUT2D eigenvalue weighted by molar-refractivity contribution is 5.89. The number of nitrogens with zero attached hydrogens (tertiary/aromatic N) is 1. The summed E-state index contributed by atoms with van der Waals surface area (Å²) in [5.74, 6) is 1.13. The minimum Gasteiger partial charge on any atom is -0.490 e. The highest BCUT2D eigenvalue weighted by Crippen LogP contribution is 2.33. The SMILES string of the molecule is CCOc1cc(C(Nc2ccc3cnccc3c2)C(=O)NC(C)c2ccccc2)ccc1OC(C)C. The third-order valence-corrected chi connectivity index (χ3v) is 5.84. The van der Waals surface area contributed by atoms with Crippen molar-refractivity contribution in [3.8, 4) is 11.5 Å². The van der Waals surface area contributed by atoms with Crippen LogP contribution >= 0.6 is 0 Å². The van der Waals surface area contributed by atoms with Gasteiger partial charge in [-0.3, -0.25) is 9.78 Å².